The summed E-state index contributed by atoms with van der Waals surface area (Å²) in [6, 6.07) is 7.12. The van der Waals surface area contributed by atoms with Gasteiger partial charge in [0.15, 0.2) is 0 Å². The molecule has 1 aromatic carbocycles. The zero-order valence-corrected chi connectivity index (χ0v) is 16.1. The summed E-state index contributed by atoms with van der Waals surface area (Å²) in [6.45, 7) is 2.27. The Morgan fingerprint density at radius 1 is 1.30 bits per heavy atom. The number of amides is 1. The van der Waals surface area contributed by atoms with Gasteiger partial charge in [0.2, 0.25) is 5.91 Å². The average Bonchev–Trinajstić information content (AvgIpc) is 3.12. The van der Waals surface area contributed by atoms with Crippen molar-refractivity contribution in [2.24, 2.45) is 0 Å². The van der Waals surface area contributed by atoms with E-state index in [0.29, 0.717) is 17.4 Å². The van der Waals surface area contributed by atoms with Gasteiger partial charge < -0.3 is 5.32 Å². The van der Waals surface area contributed by atoms with Gasteiger partial charge in [0.1, 0.15) is 5.01 Å². The summed E-state index contributed by atoms with van der Waals surface area (Å²) in [5.74, 6) is -0.0873. The monoisotopic (exact) mass is 382 g/mol. The zero-order chi connectivity index (χ0) is 18.8. The van der Waals surface area contributed by atoms with Gasteiger partial charge in [-0.3, -0.25) is 14.2 Å². The number of carbonyl (C=O) groups is 1. The molecule has 1 aliphatic carbocycles. The number of thiazole rings is 1. The first-order chi connectivity index (χ1) is 13.1. The van der Waals surface area contributed by atoms with Crippen molar-refractivity contribution in [3.63, 3.8) is 0 Å². The Kier molecular flexibility index (Phi) is 5.03. The Labute approximate surface area is 161 Å². The van der Waals surface area contributed by atoms with Crippen LogP contribution < -0.4 is 10.9 Å². The predicted molar refractivity (Wildman–Crippen MR) is 106 cm³/mol. The van der Waals surface area contributed by atoms with Crippen molar-refractivity contribution in [1.82, 2.24) is 19.9 Å². The van der Waals surface area contributed by atoms with Gasteiger partial charge in [0.25, 0.3) is 5.56 Å². The second-order valence-corrected chi connectivity index (χ2v) is 8.04. The van der Waals surface area contributed by atoms with Crippen molar-refractivity contribution in [2.75, 3.05) is 0 Å². The van der Waals surface area contributed by atoms with Crippen LogP contribution in [0.3, 0.4) is 0 Å². The molecule has 1 unspecified atom stereocenters. The van der Waals surface area contributed by atoms with Gasteiger partial charge in [-0.1, -0.05) is 12.1 Å². The van der Waals surface area contributed by atoms with Crippen LogP contribution >= 0.6 is 11.3 Å². The van der Waals surface area contributed by atoms with Crippen molar-refractivity contribution in [2.45, 2.75) is 51.6 Å². The Hall–Kier alpha value is -2.54. The molecule has 0 aliphatic heterocycles. The molecule has 1 amide bonds. The topological polar surface area (TPSA) is 76.9 Å². The molecule has 1 N–H and O–H groups in total. The Morgan fingerprint density at radius 3 is 2.96 bits per heavy atom. The van der Waals surface area contributed by atoms with E-state index in [0.717, 1.165) is 17.8 Å². The van der Waals surface area contributed by atoms with Crippen molar-refractivity contribution >= 4 is 28.1 Å². The number of fused-ring (bicyclic) bond motifs is 2. The third kappa shape index (κ3) is 3.78. The first-order valence-electron chi connectivity index (χ1n) is 9.34. The summed E-state index contributed by atoms with van der Waals surface area (Å²) in [4.78, 5) is 35.2. The molecule has 3 aromatic rings. The van der Waals surface area contributed by atoms with Crippen molar-refractivity contribution in [3.05, 3.63) is 56.5 Å². The lowest BCUT2D eigenvalue weighted by molar-refractivity contribution is -0.121. The van der Waals surface area contributed by atoms with Crippen molar-refractivity contribution in [1.29, 1.82) is 0 Å². The number of benzene rings is 1. The van der Waals surface area contributed by atoms with Crippen LogP contribution in [0.2, 0.25) is 0 Å². The van der Waals surface area contributed by atoms with E-state index in [1.54, 1.807) is 17.4 Å². The Balaban J connectivity index is 1.39. The summed E-state index contributed by atoms with van der Waals surface area (Å²) in [5.41, 5.74) is 1.76. The lowest BCUT2D eigenvalue weighted by Gasteiger charge is -2.12. The number of para-hydroxylation sites is 1. The van der Waals surface area contributed by atoms with Crippen LogP contribution in [0.25, 0.3) is 10.9 Å². The highest BCUT2D eigenvalue weighted by molar-refractivity contribution is 7.11. The number of nitrogens with zero attached hydrogens (tertiary/aromatic N) is 3. The highest BCUT2D eigenvalue weighted by Crippen LogP contribution is 2.29. The van der Waals surface area contributed by atoms with Crippen LogP contribution in [0.15, 0.2) is 35.4 Å². The number of carbonyl (C=O) groups excluding carboxylic acids is 1. The lowest BCUT2D eigenvalue weighted by Crippen LogP contribution is -2.29. The fraction of sp³-hybridized carbons (Fsp3) is 0.400. The molecule has 140 valence electrons. The standard InChI is InChI=1S/C20H22N4O2S/c1-13(19-23-16-8-4-5-9-17(16)27-19)22-18(25)10-11-24-12-21-15-7-3-2-6-14(15)20(24)26/h2-3,6-7,12-13H,4-5,8-11H2,1H3,(H,22,25). The largest absolute Gasteiger partial charge is 0.347 e. The Morgan fingerprint density at radius 2 is 2.11 bits per heavy atom. The third-order valence-electron chi connectivity index (χ3n) is 4.92. The van der Waals surface area contributed by atoms with Crippen LogP contribution in [0.1, 0.15) is 47.8 Å². The van der Waals surface area contributed by atoms with Crippen LogP contribution in [-0.2, 0) is 24.2 Å². The highest BCUT2D eigenvalue weighted by Gasteiger charge is 2.19. The minimum atomic E-state index is -0.117. The van der Waals surface area contributed by atoms with Gasteiger partial charge in [-0.05, 0) is 44.7 Å². The van der Waals surface area contributed by atoms with Crippen molar-refractivity contribution < 1.29 is 4.79 Å². The normalized spacial score (nSPS) is 14.7. The molecule has 0 bridgehead atoms. The van der Waals surface area contributed by atoms with Gasteiger partial charge in [0.05, 0.1) is 29.0 Å². The number of hydrogen-bond donors (Lipinski definition) is 1. The van der Waals surface area contributed by atoms with E-state index in [1.807, 2.05) is 25.1 Å². The van der Waals surface area contributed by atoms with E-state index < -0.39 is 0 Å². The molecule has 0 radical (unpaired) electrons. The van der Waals surface area contributed by atoms with Crippen molar-refractivity contribution in [3.8, 4) is 0 Å². The fourth-order valence-corrected chi connectivity index (χ4v) is 4.58. The van der Waals surface area contributed by atoms with Crippen LogP contribution in [0.5, 0.6) is 0 Å². The minimum Gasteiger partial charge on any atom is -0.347 e. The third-order valence-corrected chi connectivity index (χ3v) is 6.26. The molecule has 0 saturated carbocycles. The molecule has 0 fully saturated rings. The molecule has 6 nitrogen and oxygen atoms in total. The van der Waals surface area contributed by atoms with Crippen LogP contribution in [-0.4, -0.2) is 20.4 Å². The molecular formula is C20H22N4O2S. The van der Waals surface area contributed by atoms with E-state index in [4.69, 9.17) is 4.98 Å². The maximum absolute atomic E-state index is 12.5. The summed E-state index contributed by atoms with van der Waals surface area (Å²) in [6.07, 6.45) is 6.32. The lowest BCUT2D eigenvalue weighted by atomic mass is 10.0. The first-order valence-corrected chi connectivity index (χ1v) is 10.2. The number of hydrogen-bond acceptors (Lipinski definition) is 5. The summed E-state index contributed by atoms with van der Waals surface area (Å²) >= 11 is 1.71. The minimum absolute atomic E-state index is 0.0873. The molecule has 2 aromatic heterocycles. The number of nitrogens with one attached hydrogen (secondary N) is 1. The molecular weight excluding hydrogens is 360 g/mol. The molecule has 2 heterocycles. The molecule has 7 heteroatoms. The number of aromatic nitrogens is 3. The van der Waals surface area contributed by atoms with Gasteiger partial charge in [-0.15, -0.1) is 11.3 Å². The van der Waals surface area contributed by atoms with Crippen LogP contribution in [0, 0.1) is 0 Å². The van der Waals surface area contributed by atoms with Gasteiger partial charge in [-0.25, -0.2) is 9.97 Å². The highest BCUT2D eigenvalue weighted by atomic mass is 32.1. The summed E-state index contributed by atoms with van der Waals surface area (Å²) in [5, 5.41) is 4.55. The van der Waals surface area contributed by atoms with E-state index in [2.05, 4.69) is 10.3 Å². The van der Waals surface area contributed by atoms with Gasteiger partial charge in [0, 0.05) is 17.8 Å². The van der Waals surface area contributed by atoms with E-state index in [1.165, 1.54) is 34.3 Å². The van der Waals surface area contributed by atoms with E-state index in [9.17, 15) is 9.59 Å². The molecule has 27 heavy (non-hydrogen) atoms. The van der Waals surface area contributed by atoms with Gasteiger partial charge >= 0.3 is 0 Å². The number of aryl methyl sites for hydroxylation is 3. The molecule has 4 rings (SSSR count). The molecule has 0 spiro atoms. The average molecular weight is 382 g/mol. The smallest absolute Gasteiger partial charge is 0.261 e. The molecule has 1 aliphatic rings. The molecule has 1 atom stereocenters. The number of rotatable bonds is 5. The first kappa shape index (κ1) is 17.9. The van der Waals surface area contributed by atoms with Gasteiger partial charge in [-0.2, -0.15) is 0 Å². The zero-order valence-electron chi connectivity index (χ0n) is 15.3. The molecule has 0 saturated heterocycles. The predicted octanol–water partition coefficient (Wildman–Crippen LogP) is 3.00. The maximum atomic E-state index is 12.5. The van der Waals surface area contributed by atoms with E-state index in [-0.39, 0.29) is 23.9 Å². The Bertz CT molecular complexity index is 1020. The summed E-state index contributed by atoms with van der Waals surface area (Å²) in [7, 11) is 0. The summed E-state index contributed by atoms with van der Waals surface area (Å²) < 4.78 is 1.49. The second kappa shape index (κ2) is 7.60. The van der Waals surface area contributed by atoms with E-state index >= 15 is 0 Å². The van der Waals surface area contributed by atoms with Crippen LogP contribution in [0.4, 0.5) is 0 Å². The second-order valence-electron chi connectivity index (χ2n) is 6.93. The maximum Gasteiger partial charge on any atom is 0.261 e. The quantitative estimate of drug-likeness (QED) is 0.736. The SMILES string of the molecule is CC(NC(=O)CCn1cnc2ccccc2c1=O)c1nc2c(s1)CCCC2. The fourth-order valence-electron chi connectivity index (χ4n) is 3.42.